The van der Waals surface area contributed by atoms with Crippen molar-refractivity contribution >= 4 is 11.7 Å². The van der Waals surface area contributed by atoms with Gasteiger partial charge in [0, 0.05) is 5.69 Å². The molecule has 0 unspecified atom stereocenters. The lowest BCUT2D eigenvalue weighted by Crippen LogP contribution is -2.14. The third-order valence-electron chi connectivity index (χ3n) is 2.38. The highest BCUT2D eigenvalue weighted by molar-refractivity contribution is 5.89. The minimum atomic E-state index is -0.283. The largest absolute Gasteiger partial charge is 0.462 e. The number of hydrogen-bond donors (Lipinski definition) is 1. The first-order valence-electron chi connectivity index (χ1n) is 5.77. The number of hydrogen-bond acceptors (Lipinski definition) is 4. The summed E-state index contributed by atoms with van der Waals surface area (Å²) in [7, 11) is 4.06. The molecule has 4 nitrogen and oxygen atoms in total. The first-order chi connectivity index (χ1) is 8.09. The van der Waals surface area contributed by atoms with Gasteiger partial charge in [0.05, 0.1) is 12.2 Å². The molecule has 1 rings (SSSR count). The third-order valence-corrected chi connectivity index (χ3v) is 2.38. The van der Waals surface area contributed by atoms with Gasteiger partial charge in [0.1, 0.15) is 0 Å². The van der Waals surface area contributed by atoms with Crippen LogP contribution in [0, 0.1) is 0 Å². The monoisotopic (exact) mass is 236 g/mol. The quantitative estimate of drug-likeness (QED) is 0.464. The summed E-state index contributed by atoms with van der Waals surface area (Å²) in [6.45, 7) is 1.48. The number of nitrogens with zero attached hydrogens (tertiary/aromatic N) is 1. The summed E-state index contributed by atoms with van der Waals surface area (Å²) in [5.74, 6) is -0.283. The van der Waals surface area contributed by atoms with Crippen molar-refractivity contribution in [2.75, 3.05) is 33.0 Å². The number of esters is 1. The molecule has 2 N–H and O–H groups in total. The highest BCUT2D eigenvalue weighted by atomic mass is 16.5. The smallest absolute Gasteiger partial charge is 0.338 e. The average Bonchev–Trinajstić information content (AvgIpc) is 2.29. The number of anilines is 1. The highest BCUT2D eigenvalue weighted by Gasteiger charge is 2.05. The summed E-state index contributed by atoms with van der Waals surface area (Å²) in [5, 5.41) is 0. The Morgan fingerprint density at radius 3 is 2.47 bits per heavy atom. The van der Waals surface area contributed by atoms with Crippen LogP contribution in [0.3, 0.4) is 0 Å². The van der Waals surface area contributed by atoms with Crippen LogP contribution in [0.15, 0.2) is 24.3 Å². The van der Waals surface area contributed by atoms with Crippen molar-refractivity contribution < 1.29 is 9.53 Å². The number of ether oxygens (including phenoxy) is 1. The lowest BCUT2D eigenvalue weighted by molar-refractivity contribution is 0.0496. The lowest BCUT2D eigenvalue weighted by atomic mass is 10.2. The Kier molecular flexibility index (Phi) is 5.49. The number of nitrogen functional groups attached to an aromatic ring is 1. The summed E-state index contributed by atoms with van der Waals surface area (Å²) >= 11 is 0. The first-order valence-corrected chi connectivity index (χ1v) is 5.77. The van der Waals surface area contributed by atoms with E-state index in [4.69, 9.17) is 10.5 Å². The van der Waals surface area contributed by atoms with Gasteiger partial charge in [0.25, 0.3) is 0 Å². The molecule has 0 radical (unpaired) electrons. The van der Waals surface area contributed by atoms with Crippen molar-refractivity contribution in [2.45, 2.75) is 12.8 Å². The van der Waals surface area contributed by atoms with Crippen LogP contribution in [0.25, 0.3) is 0 Å². The van der Waals surface area contributed by atoms with E-state index in [9.17, 15) is 4.79 Å². The molecule has 1 aromatic rings. The molecular formula is C13H20N2O2. The standard InChI is InChI=1S/C13H20N2O2/c1-15(2)9-3-4-10-17-13(16)11-5-7-12(14)8-6-11/h5-8H,3-4,9-10,14H2,1-2H3. The SMILES string of the molecule is CN(C)CCCCOC(=O)c1ccc(N)cc1. The van der Waals surface area contributed by atoms with Crippen LogP contribution in [0.4, 0.5) is 5.69 Å². The number of carbonyl (C=O) groups is 1. The van der Waals surface area contributed by atoms with Gasteiger partial charge in [-0.15, -0.1) is 0 Å². The zero-order chi connectivity index (χ0) is 12.7. The molecule has 4 heteroatoms. The van der Waals surface area contributed by atoms with Gasteiger partial charge in [0.2, 0.25) is 0 Å². The molecule has 1 aromatic carbocycles. The predicted octanol–water partition coefficient (Wildman–Crippen LogP) is 1.77. The van der Waals surface area contributed by atoms with E-state index in [1.165, 1.54) is 0 Å². The summed E-state index contributed by atoms with van der Waals surface area (Å²) < 4.78 is 5.15. The third kappa shape index (κ3) is 5.36. The molecule has 0 amide bonds. The molecular weight excluding hydrogens is 216 g/mol. The van der Waals surface area contributed by atoms with Gasteiger partial charge >= 0.3 is 5.97 Å². The van der Waals surface area contributed by atoms with Crippen molar-refractivity contribution in [3.63, 3.8) is 0 Å². The van der Waals surface area contributed by atoms with E-state index in [0.29, 0.717) is 17.9 Å². The maximum absolute atomic E-state index is 11.6. The van der Waals surface area contributed by atoms with E-state index < -0.39 is 0 Å². The number of nitrogens with two attached hydrogens (primary N) is 1. The molecule has 0 aliphatic carbocycles. The fraction of sp³-hybridized carbons (Fsp3) is 0.462. The van der Waals surface area contributed by atoms with Crippen LogP contribution < -0.4 is 5.73 Å². The minimum absolute atomic E-state index is 0.283. The first kappa shape index (κ1) is 13.5. The van der Waals surface area contributed by atoms with Gasteiger partial charge in [-0.05, 0) is 57.7 Å². The van der Waals surface area contributed by atoms with Crippen LogP contribution in [-0.2, 0) is 4.74 Å². The molecule has 0 fully saturated rings. The zero-order valence-electron chi connectivity index (χ0n) is 10.5. The normalized spacial score (nSPS) is 10.5. The molecule has 94 valence electrons. The van der Waals surface area contributed by atoms with Gasteiger partial charge in [-0.25, -0.2) is 4.79 Å². The molecule has 0 heterocycles. The number of unbranched alkanes of at least 4 members (excludes halogenated alkanes) is 1. The van der Waals surface area contributed by atoms with Crippen LogP contribution in [-0.4, -0.2) is 38.1 Å². The Balaban J connectivity index is 2.23. The van der Waals surface area contributed by atoms with Crippen molar-refractivity contribution in [2.24, 2.45) is 0 Å². The van der Waals surface area contributed by atoms with Gasteiger partial charge in [-0.2, -0.15) is 0 Å². The Morgan fingerprint density at radius 1 is 1.24 bits per heavy atom. The summed E-state index contributed by atoms with van der Waals surface area (Å²) in [5.41, 5.74) is 6.73. The molecule has 0 aromatic heterocycles. The molecule has 17 heavy (non-hydrogen) atoms. The second kappa shape index (κ2) is 6.91. The van der Waals surface area contributed by atoms with Gasteiger partial charge in [-0.1, -0.05) is 0 Å². The Hall–Kier alpha value is -1.55. The Bertz CT molecular complexity index is 347. The Morgan fingerprint density at radius 2 is 1.88 bits per heavy atom. The average molecular weight is 236 g/mol. The zero-order valence-corrected chi connectivity index (χ0v) is 10.5. The van der Waals surface area contributed by atoms with E-state index in [-0.39, 0.29) is 5.97 Å². The maximum Gasteiger partial charge on any atom is 0.338 e. The van der Waals surface area contributed by atoms with Gasteiger partial charge < -0.3 is 15.4 Å². The molecule has 0 aliphatic heterocycles. The summed E-state index contributed by atoms with van der Waals surface area (Å²) in [6, 6.07) is 6.75. The van der Waals surface area contributed by atoms with E-state index in [1.54, 1.807) is 24.3 Å². The van der Waals surface area contributed by atoms with Crippen molar-refractivity contribution in [3.8, 4) is 0 Å². The van der Waals surface area contributed by atoms with E-state index in [1.807, 2.05) is 14.1 Å². The van der Waals surface area contributed by atoms with E-state index in [0.717, 1.165) is 19.4 Å². The van der Waals surface area contributed by atoms with Crippen LogP contribution in [0.5, 0.6) is 0 Å². The molecule has 0 saturated carbocycles. The van der Waals surface area contributed by atoms with Crippen molar-refractivity contribution in [1.29, 1.82) is 0 Å². The lowest BCUT2D eigenvalue weighted by Gasteiger charge is -2.09. The second-order valence-corrected chi connectivity index (χ2v) is 4.27. The predicted molar refractivity (Wildman–Crippen MR) is 68.9 cm³/mol. The second-order valence-electron chi connectivity index (χ2n) is 4.27. The molecule has 0 spiro atoms. The summed E-state index contributed by atoms with van der Waals surface area (Å²) in [4.78, 5) is 13.7. The number of benzene rings is 1. The number of carbonyl (C=O) groups excluding carboxylic acids is 1. The van der Waals surface area contributed by atoms with Crippen molar-refractivity contribution in [3.05, 3.63) is 29.8 Å². The topological polar surface area (TPSA) is 55.6 Å². The van der Waals surface area contributed by atoms with Gasteiger partial charge in [-0.3, -0.25) is 0 Å². The van der Waals surface area contributed by atoms with Crippen LogP contribution >= 0.6 is 0 Å². The molecule has 0 bridgehead atoms. The van der Waals surface area contributed by atoms with E-state index >= 15 is 0 Å². The van der Waals surface area contributed by atoms with Crippen LogP contribution in [0.2, 0.25) is 0 Å². The number of rotatable bonds is 6. The Labute approximate surface area is 102 Å². The maximum atomic E-state index is 11.6. The fourth-order valence-electron chi connectivity index (χ4n) is 1.40. The van der Waals surface area contributed by atoms with Crippen LogP contribution in [0.1, 0.15) is 23.2 Å². The van der Waals surface area contributed by atoms with E-state index in [2.05, 4.69) is 4.90 Å². The molecule has 0 saturated heterocycles. The van der Waals surface area contributed by atoms with Gasteiger partial charge in [0.15, 0.2) is 0 Å². The minimum Gasteiger partial charge on any atom is -0.462 e. The summed E-state index contributed by atoms with van der Waals surface area (Å²) in [6.07, 6.45) is 1.92. The fourth-order valence-corrected chi connectivity index (χ4v) is 1.40. The highest BCUT2D eigenvalue weighted by Crippen LogP contribution is 2.07. The molecule has 0 aliphatic rings. The van der Waals surface area contributed by atoms with Crippen molar-refractivity contribution in [1.82, 2.24) is 4.90 Å². The molecule has 0 atom stereocenters.